The van der Waals surface area contributed by atoms with E-state index in [2.05, 4.69) is 4.98 Å². The van der Waals surface area contributed by atoms with Gasteiger partial charge < -0.3 is 5.11 Å². The predicted octanol–water partition coefficient (Wildman–Crippen LogP) is 0.989. The lowest BCUT2D eigenvalue weighted by Gasteiger charge is -2.31. The van der Waals surface area contributed by atoms with E-state index >= 15 is 0 Å². The summed E-state index contributed by atoms with van der Waals surface area (Å²) in [5, 5.41) is 9.19. The number of hydrogen-bond donors (Lipinski definition) is 1. The minimum Gasteiger partial charge on any atom is -0.480 e. The molecule has 2 aromatic rings. The number of fused-ring (bicyclic) bond motifs is 1. The SMILES string of the molecule is CN(Cc1cc(=O)n2ccccc2n1)C(C)(C)C(=O)O. The van der Waals surface area contributed by atoms with E-state index in [-0.39, 0.29) is 5.56 Å². The fraction of sp³-hybridized carbons (Fsp3) is 0.357. The monoisotopic (exact) mass is 275 g/mol. The van der Waals surface area contributed by atoms with E-state index in [4.69, 9.17) is 0 Å². The Hall–Kier alpha value is -2.21. The zero-order chi connectivity index (χ0) is 14.9. The number of carbonyl (C=O) groups is 1. The van der Waals surface area contributed by atoms with Crippen molar-refractivity contribution in [1.29, 1.82) is 0 Å². The normalized spacial score (nSPS) is 12.0. The molecule has 0 aliphatic carbocycles. The zero-order valence-electron chi connectivity index (χ0n) is 11.7. The van der Waals surface area contributed by atoms with Gasteiger partial charge in [-0.1, -0.05) is 6.07 Å². The van der Waals surface area contributed by atoms with Crippen LogP contribution in [0.3, 0.4) is 0 Å². The molecule has 2 heterocycles. The second-order valence-electron chi connectivity index (χ2n) is 5.23. The smallest absolute Gasteiger partial charge is 0.323 e. The summed E-state index contributed by atoms with van der Waals surface area (Å²) in [5.74, 6) is -0.919. The summed E-state index contributed by atoms with van der Waals surface area (Å²) in [6.07, 6.45) is 1.65. The van der Waals surface area contributed by atoms with Crippen LogP contribution < -0.4 is 5.56 Å². The molecular weight excluding hydrogens is 258 g/mol. The highest BCUT2D eigenvalue weighted by atomic mass is 16.4. The fourth-order valence-electron chi connectivity index (χ4n) is 1.79. The molecule has 0 aliphatic rings. The molecule has 0 fully saturated rings. The first-order valence-corrected chi connectivity index (χ1v) is 6.24. The van der Waals surface area contributed by atoms with Gasteiger partial charge in [-0.3, -0.25) is 18.9 Å². The predicted molar refractivity (Wildman–Crippen MR) is 74.6 cm³/mol. The molecule has 6 nitrogen and oxygen atoms in total. The van der Waals surface area contributed by atoms with Crippen molar-refractivity contribution >= 4 is 11.6 Å². The van der Waals surface area contributed by atoms with Crippen LogP contribution in [0.25, 0.3) is 5.65 Å². The summed E-state index contributed by atoms with van der Waals surface area (Å²) in [5.41, 5.74) is -0.0922. The molecule has 2 rings (SSSR count). The molecule has 0 saturated carbocycles. The molecule has 1 N–H and O–H groups in total. The van der Waals surface area contributed by atoms with E-state index < -0.39 is 11.5 Å². The lowest BCUT2D eigenvalue weighted by molar-refractivity contribution is -0.148. The van der Waals surface area contributed by atoms with Gasteiger partial charge in [0.15, 0.2) is 0 Å². The van der Waals surface area contributed by atoms with Crippen molar-refractivity contribution < 1.29 is 9.90 Å². The second kappa shape index (κ2) is 5.05. The van der Waals surface area contributed by atoms with Gasteiger partial charge >= 0.3 is 5.97 Å². The van der Waals surface area contributed by atoms with Crippen molar-refractivity contribution in [3.05, 3.63) is 46.5 Å². The van der Waals surface area contributed by atoms with Gasteiger partial charge in [0, 0.05) is 18.8 Å². The van der Waals surface area contributed by atoms with Crippen LogP contribution in [-0.2, 0) is 11.3 Å². The van der Waals surface area contributed by atoms with Crippen molar-refractivity contribution in [1.82, 2.24) is 14.3 Å². The van der Waals surface area contributed by atoms with Crippen LogP contribution in [-0.4, -0.2) is 37.9 Å². The number of nitrogens with zero attached hydrogens (tertiary/aromatic N) is 3. The average Bonchev–Trinajstić information content (AvgIpc) is 2.38. The van der Waals surface area contributed by atoms with Gasteiger partial charge in [-0.25, -0.2) is 4.98 Å². The number of hydrogen-bond acceptors (Lipinski definition) is 4. The Bertz CT molecular complexity index is 706. The number of aliphatic carboxylic acids is 1. The van der Waals surface area contributed by atoms with Crippen LogP contribution in [0.4, 0.5) is 0 Å². The van der Waals surface area contributed by atoms with E-state index in [9.17, 15) is 14.7 Å². The van der Waals surface area contributed by atoms with Crippen LogP contribution in [0.5, 0.6) is 0 Å². The van der Waals surface area contributed by atoms with E-state index in [0.717, 1.165) is 0 Å². The average molecular weight is 275 g/mol. The maximum atomic E-state index is 12.0. The molecule has 0 spiro atoms. The van der Waals surface area contributed by atoms with Gasteiger partial charge in [0.1, 0.15) is 11.2 Å². The molecule has 0 bridgehead atoms. The number of carboxylic acids is 1. The highest BCUT2D eigenvalue weighted by Gasteiger charge is 2.32. The molecule has 0 radical (unpaired) electrons. The van der Waals surface area contributed by atoms with E-state index in [1.165, 1.54) is 10.5 Å². The molecule has 0 atom stereocenters. The molecule has 0 unspecified atom stereocenters. The summed E-state index contributed by atoms with van der Waals surface area (Å²) in [7, 11) is 1.70. The maximum absolute atomic E-state index is 12.0. The van der Waals surface area contributed by atoms with Crippen molar-refractivity contribution in [2.45, 2.75) is 25.9 Å². The van der Waals surface area contributed by atoms with Gasteiger partial charge in [0.25, 0.3) is 5.56 Å². The maximum Gasteiger partial charge on any atom is 0.323 e. The van der Waals surface area contributed by atoms with Crippen LogP contribution in [0.1, 0.15) is 19.5 Å². The van der Waals surface area contributed by atoms with Crippen molar-refractivity contribution in [3.63, 3.8) is 0 Å². The Labute approximate surface area is 116 Å². The van der Waals surface area contributed by atoms with Crippen LogP contribution in [0.2, 0.25) is 0 Å². The third-order valence-corrected chi connectivity index (χ3v) is 3.50. The first-order valence-electron chi connectivity index (χ1n) is 6.24. The molecule has 106 valence electrons. The van der Waals surface area contributed by atoms with Crippen LogP contribution >= 0.6 is 0 Å². The van der Waals surface area contributed by atoms with Crippen LogP contribution in [0, 0.1) is 0 Å². The molecule has 0 aliphatic heterocycles. The third kappa shape index (κ3) is 2.55. The molecule has 0 saturated heterocycles. The first-order chi connectivity index (χ1) is 9.32. The topological polar surface area (TPSA) is 74.9 Å². The van der Waals surface area contributed by atoms with Gasteiger partial charge in [-0.05, 0) is 33.0 Å². The molecule has 0 amide bonds. The minimum absolute atomic E-state index is 0.174. The van der Waals surface area contributed by atoms with E-state index in [0.29, 0.717) is 17.9 Å². The van der Waals surface area contributed by atoms with Gasteiger partial charge in [0.05, 0.1) is 5.69 Å². The number of aromatic nitrogens is 2. The van der Waals surface area contributed by atoms with Gasteiger partial charge in [-0.2, -0.15) is 0 Å². The highest BCUT2D eigenvalue weighted by molar-refractivity contribution is 5.77. The largest absolute Gasteiger partial charge is 0.480 e. The van der Waals surface area contributed by atoms with Gasteiger partial charge in [0.2, 0.25) is 0 Å². The molecule has 2 aromatic heterocycles. The summed E-state index contributed by atoms with van der Waals surface area (Å²) in [6.45, 7) is 3.52. The standard InChI is InChI=1S/C14H17N3O3/c1-14(2,13(19)20)16(3)9-10-8-12(18)17-7-5-4-6-11(17)15-10/h4-8H,9H2,1-3H3,(H,19,20). The number of rotatable bonds is 4. The Balaban J connectivity index is 2.36. The minimum atomic E-state index is -1.02. The Morgan fingerprint density at radius 1 is 1.45 bits per heavy atom. The number of likely N-dealkylation sites (N-methyl/N-ethyl adjacent to an activating group) is 1. The lowest BCUT2D eigenvalue weighted by atomic mass is 10.0. The number of carboxylic acid groups (broad SMARTS) is 1. The summed E-state index contributed by atoms with van der Waals surface area (Å²) < 4.78 is 1.45. The summed E-state index contributed by atoms with van der Waals surface area (Å²) in [6, 6.07) is 6.74. The van der Waals surface area contributed by atoms with E-state index in [1.54, 1.807) is 50.2 Å². The summed E-state index contributed by atoms with van der Waals surface area (Å²) in [4.78, 5) is 29.2. The highest BCUT2D eigenvalue weighted by Crippen LogP contribution is 2.15. The summed E-state index contributed by atoms with van der Waals surface area (Å²) >= 11 is 0. The molecular formula is C14H17N3O3. The van der Waals surface area contributed by atoms with Crippen molar-refractivity contribution in [2.24, 2.45) is 0 Å². The Morgan fingerprint density at radius 2 is 2.15 bits per heavy atom. The first kappa shape index (κ1) is 14.2. The fourth-order valence-corrected chi connectivity index (χ4v) is 1.79. The number of pyridine rings is 1. The lowest BCUT2D eigenvalue weighted by Crippen LogP contribution is -2.47. The second-order valence-corrected chi connectivity index (χ2v) is 5.23. The molecule has 0 aromatic carbocycles. The van der Waals surface area contributed by atoms with Gasteiger partial charge in [-0.15, -0.1) is 0 Å². The van der Waals surface area contributed by atoms with Crippen molar-refractivity contribution in [2.75, 3.05) is 7.05 Å². The Kier molecular flexibility index (Phi) is 3.59. The Morgan fingerprint density at radius 3 is 2.80 bits per heavy atom. The quantitative estimate of drug-likeness (QED) is 0.900. The third-order valence-electron chi connectivity index (χ3n) is 3.50. The van der Waals surface area contributed by atoms with Crippen LogP contribution in [0.15, 0.2) is 35.3 Å². The molecule has 20 heavy (non-hydrogen) atoms. The van der Waals surface area contributed by atoms with E-state index in [1.807, 2.05) is 0 Å². The van der Waals surface area contributed by atoms with Crippen molar-refractivity contribution in [3.8, 4) is 0 Å². The molecule has 6 heteroatoms. The zero-order valence-corrected chi connectivity index (χ0v) is 11.7.